The zero-order valence-corrected chi connectivity index (χ0v) is 14.8. The fraction of sp³-hybridized carbons (Fsp3) is 0.182. The number of imidazole rings is 1. The Balaban J connectivity index is 1.73. The van der Waals surface area contributed by atoms with Crippen LogP contribution in [0.3, 0.4) is 0 Å². The van der Waals surface area contributed by atoms with Gasteiger partial charge in [0.15, 0.2) is 5.65 Å². The van der Waals surface area contributed by atoms with Crippen LogP contribution in [0.2, 0.25) is 0 Å². The van der Waals surface area contributed by atoms with Crippen LogP contribution in [0.4, 0.5) is 5.82 Å². The van der Waals surface area contributed by atoms with E-state index in [1.54, 1.807) is 0 Å². The molecule has 2 aromatic heterocycles. The molecule has 2 atom stereocenters. The highest BCUT2D eigenvalue weighted by Gasteiger charge is 2.31. The summed E-state index contributed by atoms with van der Waals surface area (Å²) in [5, 5.41) is 23.8. The second-order valence-corrected chi connectivity index (χ2v) is 7.05. The number of nitriles is 1. The number of hydrogen-bond acceptors (Lipinski definition) is 4. The fourth-order valence-corrected chi connectivity index (χ4v) is 4.11. The highest BCUT2D eigenvalue weighted by molar-refractivity contribution is 5.85. The molecule has 0 spiro atoms. The van der Waals surface area contributed by atoms with E-state index in [0.717, 1.165) is 28.0 Å². The smallest absolute Gasteiger partial charge is 0.157 e. The standard InChI is InChI=1S/C22H18N4O/c1-13-10-20(25-21-15-7-3-2-6-14(15)11-19(21)27)26-18-9-5-4-8-17(18)24-22(26)16(13)12-23/h2-10,19,21,25,27H,11H2,1H3/t19-,21+/m0/s1. The van der Waals surface area contributed by atoms with Gasteiger partial charge >= 0.3 is 0 Å². The van der Waals surface area contributed by atoms with Crippen molar-refractivity contribution in [2.24, 2.45) is 0 Å². The lowest BCUT2D eigenvalue weighted by Crippen LogP contribution is -2.22. The molecule has 0 saturated carbocycles. The van der Waals surface area contributed by atoms with E-state index in [9.17, 15) is 10.4 Å². The Morgan fingerprint density at radius 3 is 2.81 bits per heavy atom. The van der Waals surface area contributed by atoms with Crippen molar-refractivity contribution in [2.45, 2.75) is 25.5 Å². The SMILES string of the molecule is Cc1cc(N[C@@H]2c3ccccc3C[C@@H]2O)n2c(nc3ccccc32)c1C#N. The van der Waals surface area contributed by atoms with Gasteiger partial charge in [-0.25, -0.2) is 4.98 Å². The average Bonchev–Trinajstić information content (AvgIpc) is 3.20. The van der Waals surface area contributed by atoms with Crippen LogP contribution < -0.4 is 5.32 Å². The lowest BCUT2D eigenvalue weighted by atomic mass is 10.1. The number of fused-ring (bicyclic) bond motifs is 4. The van der Waals surface area contributed by atoms with Crippen molar-refractivity contribution in [3.8, 4) is 6.07 Å². The monoisotopic (exact) mass is 354 g/mol. The number of anilines is 1. The first-order chi connectivity index (χ1) is 13.2. The molecule has 5 rings (SSSR count). The van der Waals surface area contributed by atoms with Crippen molar-refractivity contribution in [1.82, 2.24) is 9.38 Å². The Morgan fingerprint density at radius 2 is 1.96 bits per heavy atom. The zero-order chi connectivity index (χ0) is 18.5. The second kappa shape index (κ2) is 5.83. The third kappa shape index (κ3) is 2.31. The molecular weight excluding hydrogens is 336 g/mol. The number of benzene rings is 2. The zero-order valence-electron chi connectivity index (χ0n) is 14.8. The predicted molar refractivity (Wildman–Crippen MR) is 105 cm³/mol. The first-order valence-corrected chi connectivity index (χ1v) is 9.00. The number of pyridine rings is 1. The van der Waals surface area contributed by atoms with Crippen LogP contribution in [0.25, 0.3) is 16.7 Å². The number of nitrogens with one attached hydrogen (secondary N) is 1. The van der Waals surface area contributed by atoms with Gasteiger partial charge in [-0.1, -0.05) is 36.4 Å². The maximum absolute atomic E-state index is 10.6. The Morgan fingerprint density at radius 1 is 1.19 bits per heavy atom. The Hall–Kier alpha value is -3.36. The Kier molecular flexibility index (Phi) is 3.43. The van der Waals surface area contributed by atoms with Gasteiger partial charge in [-0.15, -0.1) is 0 Å². The maximum Gasteiger partial charge on any atom is 0.157 e. The Labute approximate surface area is 156 Å². The van der Waals surface area contributed by atoms with Gasteiger partial charge in [0.05, 0.1) is 28.7 Å². The largest absolute Gasteiger partial charge is 0.390 e. The summed E-state index contributed by atoms with van der Waals surface area (Å²) in [5.41, 5.74) is 6.14. The van der Waals surface area contributed by atoms with Gasteiger partial charge in [0.2, 0.25) is 0 Å². The molecule has 5 heteroatoms. The lowest BCUT2D eigenvalue weighted by molar-refractivity contribution is 0.165. The summed E-state index contributed by atoms with van der Waals surface area (Å²) in [6.45, 7) is 1.92. The Bertz CT molecular complexity index is 1230. The van der Waals surface area contributed by atoms with Crippen molar-refractivity contribution in [2.75, 3.05) is 5.32 Å². The number of aryl methyl sites for hydroxylation is 1. The summed E-state index contributed by atoms with van der Waals surface area (Å²) in [4.78, 5) is 4.68. The molecule has 5 nitrogen and oxygen atoms in total. The van der Waals surface area contributed by atoms with E-state index in [0.29, 0.717) is 17.6 Å². The van der Waals surface area contributed by atoms with Crippen LogP contribution in [0.5, 0.6) is 0 Å². The van der Waals surface area contributed by atoms with E-state index in [2.05, 4.69) is 28.5 Å². The molecule has 0 unspecified atom stereocenters. The number of para-hydroxylation sites is 2. The molecule has 2 aromatic carbocycles. The molecule has 0 amide bonds. The summed E-state index contributed by atoms with van der Waals surface area (Å²) < 4.78 is 1.98. The third-order valence-electron chi connectivity index (χ3n) is 5.39. The van der Waals surface area contributed by atoms with Crippen LogP contribution in [0.15, 0.2) is 54.6 Å². The summed E-state index contributed by atoms with van der Waals surface area (Å²) >= 11 is 0. The van der Waals surface area contributed by atoms with E-state index >= 15 is 0 Å². The second-order valence-electron chi connectivity index (χ2n) is 7.05. The van der Waals surface area contributed by atoms with Gasteiger partial charge in [0.25, 0.3) is 0 Å². The number of aliphatic hydroxyl groups excluding tert-OH is 1. The van der Waals surface area contributed by atoms with Gasteiger partial charge in [0.1, 0.15) is 11.9 Å². The number of rotatable bonds is 2. The summed E-state index contributed by atoms with van der Waals surface area (Å²) in [5.74, 6) is 0.830. The minimum absolute atomic E-state index is 0.196. The van der Waals surface area contributed by atoms with E-state index in [4.69, 9.17) is 0 Å². The molecule has 27 heavy (non-hydrogen) atoms. The molecule has 1 aliphatic carbocycles. The lowest BCUT2D eigenvalue weighted by Gasteiger charge is -2.21. The van der Waals surface area contributed by atoms with Crippen LogP contribution in [-0.2, 0) is 6.42 Å². The maximum atomic E-state index is 10.6. The van der Waals surface area contributed by atoms with Crippen molar-refractivity contribution >= 4 is 22.5 Å². The van der Waals surface area contributed by atoms with Crippen molar-refractivity contribution in [1.29, 1.82) is 5.26 Å². The highest BCUT2D eigenvalue weighted by Crippen LogP contribution is 2.35. The summed E-state index contributed by atoms with van der Waals surface area (Å²) in [6.07, 6.45) is 0.139. The molecule has 4 aromatic rings. The normalized spacial score (nSPS) is 18.6. The van der Waals surface area contributed by atoms with Crippen molar-refractivity contribution in [3.63, 3.8) is 0 Å². The molecule has 2 N–H and O–H groups in total. The summed E-state index contributed by atoms with van der Waals surface area (Å²) in [6, 6.07) is 20.0. The molecule has 0 bridgehead atoms. The molecule has 1 aliphatic rings. The number of aliphatic hydroxyl groups is 1. The summed E-state index contributed by atoms with van der Waals surface area (Å²) in [7, 11) is 0. The van der Waals surface area contributed by atoms with E-state index in [1.165, 1.54) is 5.56 Å². The van der Waals surface area contributed by atoms with Gasteiger partial charge in [-0.2, -0.15) is 5.26 Å². The molecule has 0 aliphatic heterocycles. The third-order valence-corrected chi connectivity index (χ3v) is 5.39. The molecular formula is C22H18N4O. The van der Waals surface area contributed by atoms with E-state index in [1.807, 2.05) is 53.8 Å². The van der Waals surface area contributed by atoms with Gasteiger partial charge < -0.3 is 10.4 Å². The molecule has 132 valence electrons. The highest BCUT2D eigenvalue weighted by atomic mass is 16.3. The van der Waals surface area contributed by atoms with Gasteiger partial charge in [-0.3, -0.25) is 4.40 Å². The van der Waals surface area contributed by atoms with Crippen LogP contribution in [0.1, 0.15) is 28.3 Å². The molecule has 0 fully saturated rings. The minimum atomic E-state index is -0.497. The average molecular weight is 354 g/mol. The van der Waals surface area contributed by atoms with Crippen molar-refractivity contribution in [3.05, 3.63) is 76.9 Å². The van der Waals surface area contributed by atoms with Gasteiger partial charge in [-0.05, 0) is 41.8 Å². The van der Waals surface area contributed by atoms with Crippen LogP contribution in [-0.4, -0.2) is 20.6 Å². The van der Waals surface area contributed by atoms with Crippen LogP contribution >= 0.6 is 0 Å². The molecule has 2 heterocycles. The number of hydrogen-bond donors (Lipinski definition) is 2. The van der Waals surface area contributed by atoms with E-state index in [-0.39, 0.29) is 6.04 Å². The van der Waals surface area contributed by atoms with Gasteiger partial charge in [0, 0.05) is 6.42 Å². The van der Waals surface area contributed by atoms with Crippen molar-refractivity contribution < 1.29 is 5.11 Å². The molecule has 0 saturated heterocycles. The first kappa shape index (κ1) is 15.9. The van der Waals surface area contributed by atoms with E-state index < -0.39 is 6.10 Å². The quantitative estimate of drug-likeness (QED) is 0.575. The minimum Gasteiger partial charge on any atom is -0.390 e. The first-order valence-electron chi connectivity index (χ1n) is 9.00. The number of aromatic nitrogens is 2. The number of nitrogens with zero attached hydrogens (tertiary/aromatic N) is 3. The van der Waals surface area contributed by atoms with Crippen LogP contribution in [0, 0.1) is 18.3 Å². The predicted octanol–water partition coefficient (Wildman–Crippen LogP) is 3.74. The fourth-order valence-electron chi connectivity index (χ4n) is 4.11. The topological polar surface area (TPSA) is 73.3 Å². The molecule has 0 radical (unpaired) electrons.